The van der Waals surface area contributed by atoms with E-state index in [2.05, 4.69) is 17.2 Å². The van der Waals surface area contributed by atoms with E-state index in [1.54, 1.807) is 48.5 Å². The summed E-state index contributed by atoms with van der Waals surface area (Å²) >= 11 is 0. The van der Waals surface area contributed by atoms with Crippen molar-refractivity contribution in [2.24, 2.45) is 0 Å². The van der Waals surface area contributed by atoms with Crippen LogP contribution >= 0.6 is 0 Å². The molecule has 0 radical (unpaired) electrons. The first-order chi connectivity index (χ1) is 17.0. The second-order valence-electron chi connectivity index (χ2n) is 7.68. The third-order valence-corrected chi connectivity index (χ3v) is 5.20. The molecule has 7 heteroatoms. The number of imide groups is 2. The lowest BCUT2D eigenvalue weighted by Crippen LogP contribution is -2.30. The highest BCUT2D eigenvalue weighted by molar-refractivity contribution is 6.22. The average Bonchev–Trinajstić information content (AvgIpc) is 3.30. The Labute approximate surface area is 205 Å². The summed E-state index contributed by atoms with van der Waals surface area (Å²) in [4.78, 5) is 47.1. The summed E-state index contributed by atoms with van der Waals surface area (Å²) in [5, 5.41) is 10.4. The number of fused-ring (bicyclic) bond motifs is 2. The largest absolute Gasteiger partial charge is 0.396 e. The standard InChI is InChI=1S/C14H13NO2.C8H5NO2.C6H10O/c1-2-3-4-7-10-15-13(16)11-8-5-6-9-12(11)14(15)17;10-7-5-3-1-2-4-6(5)8(11)9-7;1-2-3-4-5-6-7/h1,5-6,8-9H,3-4,7,10H2;1-4H,(H,9,10,11);1,7H,3-6H2. The Hall–Kier alpha value is -4.20. The lowest BCUT2D eigenvalue weighted by atomic mass is 10.1. The molecule has 2 aliphatic rings. The maximum Gasteiger partial charge on any atom is 0.261 e. The van der Waals surface area contributed by atoms with Gasteiger partial charge in [-0.2, -0.15) is 0 Å². The molecule has 0 fully saturated rings. The van der Waals surface area contributed by atoms with Gasteiger partial charge >= 0.3 is 0 Å². The number of nitrogens with one attached hydrogen (secondary N) is 1. The van der Waals surface area contributed by atoms with Crippen molar-refractivity contribution < 1.29 is 24.3 Å². The summed E-state index contributed by atoms with van der Waals surface area (Å²) in [7, 11) is 0. The topological polar surface area (TPSA) is 104 Å². The summed E-state index contributed by atoms with van der Waals surface area (Å²) < 4.78 is 0. The number of benzene rings is 2. The van der Waals surface area contributed by atoms with Crippen LogP contribution in [0.3, 0.4) is 0 Å². The smallest absolute Gasteiger partial charge is 0.261 e. The zero-order chi connectivity index (χ0) is 25.6. The molecule has 2 aromatic rings. The van der Waals surface area contributed by atoms with Crippen LogP contribution in [0.15, 0.2) is 48.5 Å². The molecule has 0 aliphatic carbocycles. The van der Waals surface area contributed by atoms with Gasteiger partial charge in [0, 0.05) is 26.0 Å². The van der Waals surface area contributed by atoms with Crippen molar-refractivity contribution in [3.63, 3.8) is 0 Å². The van der Waals surface area contributed by atoms with Gasteiger partial charge in [-0.15, -0.1) is 24.7 Å². The first-order valence-corrected chi connectivity index (χ1v) is 11.3. The fraction of sp³-hybridized carbons (Fsp3) is 0.286. The number of aliphatic hydroxyl groups is 1. The minimum atomic E-state index is -0.300. The monoisotopic (exact) mass is 472 g/mol. The Kier molecular flexibility index (Phi) is 10.9. The van der Waals surface area contributed by atoms with Crippen LogP contribution in [-0.2, 0) is 0 Å². The molecule has 0 bridgehead atoms. The van der Waals surface area contributed by atoms with Gasteiger partial charge in [-0.3, -0.25) is 29.4 Å². The molecule has 2 N–H and O–H groups in total. The maximum absolute atomic E-state index is 11.9. The number of terminal acetylenes is 2. The van der Waals surface area contributed by atoms with Gasteiger partial charge in [0.1, 0.15) is 0 Å². The minimum absolute atomic E-state index is 0.189. The molecule has 4 amide bonds. The van der Waals surface area contributed by atoms with Gasteiger partial charge in [-0.1, -0.05) is 24.3 Å². The predicted octanol–water partition coefficient (Wildman–Crippen LogP) is 3.44. The van der Waals surface area contributed by atoms with E-state index in [1.807, 2.05) is 0 Å². The number of hydrogen-bond donors (Lipinski definition) is 2. The van der Waals surface area contributed by atoms with Gasteiger partial charge in [0.15, 0.2) is 0 Å². The highest BCUT2D eigenvalue weighted by Crippen LogP contribution is 2.22. The summed E-state index contributed by atoms with van der Waals surface area (Å²) in [6.07, 6.45) is 14.9. The van der Waals surface area contributed by atoms with E-state index >= 15 is 0 Å². The fourth-order valence-electron chi connectivity index (χ4n) is 3.39. The van der Waals surface area contributed by atoms with Crippen LogP contribution in [0.25, 0.3) is 0 Å². The molecule has 0 aromatic heterocycles. The molecule has 0 spiro atoms. The molecule has 2 aliphatic heterocycles. The van der Waals surface area contributed by atoms with Crippen molar-refractivity contribution in [2.75, 3.05) is 13.2 Å². The van der Waals surface area contributed by atoms with E-state index in [4.69, 9.17) is 18.0 Å². The number of aliphatic hydroxyl groups excluding tert-OH is 1. The van der Waals surface area contributed by atoms with Crippen molar-refractivity contribution in [1.29, 1.82) is 0 Å². The highest BCUT2D eigenvalue weighted by Gasteiger charge is 2.34. The van der Waals surface area contributed by atoms with Crippen LogP contribution in [-0.4, -0.2) is 46.8 Å². The fourth-order valence-corrected chi connectivity index (χ4v) is 3.39. The van der Waals surface area contributed by atoms with Crippen LogP contribution in [0.5, 0.6) is 0 Å². The van der Waals surface area contributed by atoms with Crippen molar-refractivity contribution in [3.05, 3.63) is 70.8 Å². The third kappa shape index (κ3) is 7.40. The summed E-state index contributed by atoms with van der Waals surface area (Å²) in [5.74, 6) is 4.06. The minimum Gasteiger partial charge on any atom is -0.396 e. The molecule has 0 atom stereocenters. The molecule has 4 rings (SSSR count). The Balaban J connectivity index is 0.000000206. The molecule has 35 heavy (non-hydrogen) atoms. The Morgan fingerprint density at radius 1 is 0.686 bits per heavy atom. The number of carbonyl (C=O) groups is 4. The van der Waals surface area contributed by atoms with E-state index in [0.29, 0.717) is 35.2 Å². The molecule has 0 saturated heterocycles. The van der Waals surface area contributed by atoms with E-state index in [1.165, 1.54) is 4.90 Å². The van der Waals surface area contributed by atoms with E-state index in [-0.39, 0.29) is 30.2 Å². The van der Waals surface area contributed by atoms with Gasteiger partial charge in [0.05, 0.1) is 22.3 Å². The van der Waals surface area contributed by atoms with E-state index < -0.39 is 0 Å². The third-order valence-electron chi connectivity index (χ3n) is 5.20. The van der Waals surface area contributed by atoms with Crippen LogP contribution < -0.4 is 5.32 Å². The first-order valence-electron chi connectivity index (χ1n) is 11.3. The van der Waals surface area contributed by atoms with E-state index in [0.717, 1.165) is 32.1 Å². The Morgan fingerprint density at radius 2 is 1.11 bits per heavy atom. The van der Waals surface area contributed by atoms with Gasteiger partial charge in [-0.05, 0) is 49.9 Å². The van der Waals surface area contributed by atoms with Crippen LogP contribution in [0, 0.1) is 24.7 Å². The number of amides is 4. The van der Waals surface area contributed by atoms with Gasteiger partial charge < -0.3 is 5.11 Å². The second-order valence-corrected chi connectivity index (χ2v) is 7.68. The second kappa shape index (κ2) is 14.1. The SMILES string of the molecule is C#CCCCCN1C(=O)c2ccccc2C1=O.C#CCCCCO.O=C1NC(=O)c2ccccc21. The van der Waals surface area contributed by atoms with Crippen LogP contribution in [0.1, 0.15) is 80.0 Å². The molecule has 7 nitrogen and oxygen atoms in total. The van der Waals surface area contributed by atoms with Crippen molar-refractivity contribution >= 4 is 23.6 Å². The lowest BCUT2D eigenvalue weighted by molar-refractivity contribution is 0.0651. The summed E-state index contributed by atoms with van der Waals surface area (Å²) in [5.41, 5.74) is 1.96. The molecule has 2 heterocycles. The highest BCUT2D eigenvalue weighted by atomic mass is 16.3. The van der Waals surface area contributed by atoms with Crippen LogP contribution in [0.4, 0.5) is 0 Å². The number of nitrogens with zero attached hydrogens (tertiary/aromatic N) is 1. The number of carbonyl (C=O) groups excluding carboxylic acids is 4. The maximum atomic E-state index is 11.9. The summed E-state index contributed by atoms with van der Waals surface area (Å²) in [6.45, 7) is 0.718. The molecule has 180 valence electrons. The number of unbranched alkanes of at least 4 members (excludes halogenated alkanes) is 4. The zero-order valence-electron chi connectivity index (χ0n) is 19.5. The summed E-state index contributed by atoms with van der Waals surface area (Å²) in [6, 6.07) is 13.7. The van der Waals surface area contributed by atoms with Gasteiger partial charge in [-0.25, -0.2) is 0 Å². The average molecular weight is 473 g/mol. The van der Waals surface area contributed by atoms with Gasteiger partial charge in [0.2, 0.25) is 0 Å². The lowest BCUT2D eigenvalue weighted by Gasteiger charge is -2.12. The predicted molar refractivity (Wildman–Crippen MR) is 133 cm³/mol. The van der Waals surface area contributed by atoms with Crippen molar-refractivity contribution in [2.45, 2.75) is 38.5 Å². The van der Waals surface area contributed by atoms with Crippen LogP contribution in [0.2, 0.25) is 0 Å². The normalized spacial score (nSPS) is 12.8. The molecule has 0 saturated carbocycles. The molecule has 0 unspecified atom stereocenters. The molecular weight excluding hydrogens is 444 g/mol. The number of hydrogen-bond acceptors (Lipinski definition) is 5. The zero-order valence-corrected chi connectivity index (χ0v) is 19.5. The molecular formula is C28H28N2O5. The first kappa shape index (κ1) is 27.0. The van der Waals surface area contributed by atoms with Crippen molar-refractivity contribution in [3.8, 4) is 24.7 Å². The van der Waals surface area contributed by atoms with Crippen molar-refractivity contribution in [1.82, 2.24) is 10.2 Å². The Morgan fingerprint density at radius 3 is 1.54 bits per heavy atom. The Bertz CT molecular complexity index is 1090. The molecule has 2 aromatic carbocycles. The van der Waals surface area contributed by atoms with Gasteiger partial charge in [0.25, 0.3) is 23.6 Å². The van der Waals surface area contributed by atoms with E-state index in [9.17, 15) is 19.2 Å². The number of rotatable bonds is 7. The quantitative estimate of drug-likeness (QED) is 0.365.